The van der Waals surface area contributed by atoms with Gasteiger partial charge in [0.05, 0.1) is 24.5 Å². The number of likely N-dealkylation sites (tertiary alicyclic amines) is 1. The molecule has 3 aromatic rings. The van der Waals surface area contributed by atoms with Crippen LogP contribution in [0.4, 0.5) is 26.4 Å². The van der Waals surface area contributed by atoms with Gasteiger partial charge >= 0.3 is 0 Å². The number of imidazole rings is 1. The Hall–Kier alpha value is -2.93. The van der Waals surface area contributed by atoms with Gasteiger partial charge in [-0.2, -0.15) is 4.98 Å². The number of rotatable bonds is 10. The number of aromatic nitrogens is 4. The lowest BCUT2D eigenvalue weighted by Crippen LogP contribution is -2.45. The van der Waals surface area contributed by atoms with E-state index < -0.39 is 17.2 Å². The number of nitrogens with one attached hydrogen (secondary N) is 1. The van der Waals surface area contributed by atoms with Gasteiger partial charge in [-0.05, 0) is 109 Å². The number of para-hydroxylation sites is 1. The van der Waals surface area contributed by atoms with Crippen molar-refractivity contribution in [1.29, 1.82) is 0 Å². The third-order valence-corrected chi connectivity index (χ3v) is 10.2. The lowest BCUT2D eigenvalue weighted by molar-refractivity contribution is -0.00458. The highest BCUT2D eigenvalue weighted by molar-refractivity contribution is 5.77. The van der Waals surface area contributed by atoms with Crippen LogP contribution in [0.3, 0.4) is 0 Å². The second-order valence-electron chi connectivity index (χ2n) is 13.7. The summed E-state index contributed by atoms with van der Waals surface area (Å²) in [6.07, 6.45) is 12.6. The van der Waals surface area contributed by atoms with E-state index in [2.05, 4.69) is 20.2 Å². The molecule has 2 saturated carbocycles. The second kappa shape index (κ2) is 13.8. The summed E-state index contributed by atoms with van der Waals surface area (Å²) in [6, 6.07) is 3.81. The van der Waals surface area contributed by atoms with Crippen LogP contribution >= 0.6 is 0 Å². The Kier molecular flexibility index (Phi) is 9.84. The lowest BCUT2D eigenvalue weighted by Gasteiger charge is -2.36. The van der Waals surface area contributed by atoms with Crippen LogP contribution < -0.4 is 16.2 Å². The van der Waals surface area contributed by atoms with E-state index in [9.17, 15) is 13.9 Å². The van der Waals surface area contributed by atoms with Crippen molar-refractivity contribution in [2.24, 2.45) is 11.8 Å². The summed E-state index contributed by atoms with van der Waals surface area (Å²) in [7, 11) is 0. The number of anilines is 3. The van der Waals surface area contributed by atoms with Crippen LogP contribution in [-0.4, -0.2) is 73.5 Å². The Morgan fingerprint density at radius 2 is 1.69 bits per heavy atom. The third-order valence-electron chi connectivity index (χ3n) is 10.2. The molecule has 0 bridgehead atoms. The van der Waals surface area contributed by atoms with E-state index in [-0.39, 0.29) is 29.8 Å². The SMILES string of the molecule is CC(C)(O)C1CCC(n2c(Nc3c(F)cccc3F)nc3cnc(N(N)C4CCC(OCCN5CCCCC5)CC4)nc32)CC1. The van der Waals surface area contributed by atoms with Crippen molar-refractivity contribution < 1.29 is 18.6 Å². The maximum absolute atomic E-state index is 14.7. The highest BCUT2D eigenvalue weighted by Crippen LogP contribution is 2.41. The molecule has 0 unspecified atom stereocenters. The minimum absolute atomic E-state index is 0.0302. The summed E-state index contributed by atoms with van der Waals surface area (Å²) >= 11 is 0. The van der Waals surface area contributed by atoms with Gasteiger partial charge in [0.25, 0.3) is 0 Å². The van der Waals surface area contributed by atoms with Crippen LogP contribution in [0.5, 0.6) is 0 Å². The monoisotopic (exact) mass is 626 g/mol. The first-order valence-corrected chi connectivity index (χ1v) is 16.7. The summed E-state index contributed by atoms with van der Waals surface area (Å²) in [4.78, 5) is 16.6. The van der Waals surface area contributed by atoms with Crippen LogP contribution in [-0.2, 0) is 4.74 Å². The number of hydrogen-bond acceptors (Lipinski definition) is 9. The minimum Gasteiger partial charge on any atom is -0.390 e. The molecular weight excluding hydrogens is 578 g/mol. The zero-order valence-corrected chi connectivity index (χ0v) is 26.6. The van der Waals surface area contributed by atoms with E-state index >= 15 is 0 Å². The Balaban J connectivity index is 1.18. The maximum atomic E-state index is 14.7. The van der Waals surface area contributed by atoms with Gasteiger partial charge in [-0.25, -0.2) is 24.6 Å². The molecule has 246 valence electrons. The number of halogens is 2. The van der Waals surface area contributed by atoms with Gasteiger partial charge in [0, 0.05) is 18.6 Å². The van der Waals surface area contributed by atoms with Crippen LogP contribution in [0.1, 0.15) is 90.5 Å². The largest absolute Gasteiger partial charge is 0.390 e. The van der Waals surface area contributed by atoms with Crippen LogP contribution in [0.25, 0.3) is 11.2 Å². The molecule has 3 fully saturated rings. The molecule has 6 rings (SSSR count). The number of benzene rings is 1. The summed E-state index contributed by atoms with van der Waals surface area (Å²) in [5.74, 6) is 6.11. The molecule has 1 saturated heterocycles. The first kappa shape index (κ1) is 32.0. The van der Waals surface area contributed by atoms with Gasteiger partial charge in [0.15, 0.2) is 5.65 Å². The first-order valence-electron chi connectivity index (χ1n) is 16.7. The van der Waals surface area contributed by atoms with Gasteiger partial charge < -0.3 is 20.1 Å². The van der Waals surface area contributed by atoms with Crippen molar-refractivity contribution in [3.63, 3.8) is 0 Å². The predicted octanol–water partition coefficient (Wildman–Crippen LogP) is 5.84. The van der Waals surface area contributed by atoms with Crippen molar-refractivity contribution in [2.45, 2.75) is 108 Å². The van der Waals surface area contributed by atoms with Crippen LogP contribution in [0.2, 0.25) is 0 Å². The number of hydrogen-bond donors (Lipinski definition) is 3. The highest BCUT2D eigenvalue weighted by atomic mass is 19.1. The first-order chi connectivity index (χ1) is 21.7. The molecule has 0 spiro atoms. The van der Waals surface area contributed by atoms with Crippen molar-refractivity contribution in [3.8, 4) is 0 Å². The van der Waals surface area contributed by atoms with E-state index in [0.29, 0.717) is 23.1 Å². The van der Waals surface area contributed by atoms with Crippen LogP contribution in [0.15, 0.2) is 24.4 Å². The van der Waals surface area contributed by atoms with E-state index in [1.807, 2.05) is 18.4 Å². The molecular formula is C33H48F2N8O2. The van der Waals surface area contributed by atoms with Crippen molar-refractivity contribution in [1.82, 2.24) is 24.4 Å². The smallest absolute Gasteiger partial charge is 0.242 e. The quantitative estimate of drug-likeness (QED) is 0.188. The van der Waals surface area contributed by atoms with E-state index in [4.69, 9.17) is 15.6 Å². The fourth-order valence-corrected chi connectivity index (χ4v) is 7.39. The Morgan fingerprint density at radius 1 is 1.00 bits per heavy atom. The molecule has 0 atom stereocenters. The fraction of sp³-hybridized carbons (Fsp3) is 0.667. The fourth-order valence-electron chi connectivity index (χ4n) is 7.39. The molecule has 2 aliphatic carbocycles. The van der Waals surface area contributed by atoms with E-state index in [1.165, 1.54) is 50.6 Å². The van der Waals surface area contributed by atoms with Crippen molar-refractivity contribution in [3.05, 3.63) is 36.0 Å². The zero-order valence-electron chi connectivity index (χ0n) is 26.6. The zero-order chi connectivity index (χ0) is 31.6. The molecule has 3 aliphatic rings. The number of ether oxygens (including phenoxy) is 1. The van der Waals surface area contributed by atoms with Gasteiger partial charge in [-0.1, -0.05) is 12.5 Å². The summed E-state index contributed by atoms with van der Waals surface area (Å²) < 4.78 is 37.5. The standard InChI is InChI=1S/C33H48F2N8O2/c1-33(2,44)22-9-11-23(12-10-22)42-30-28(38-32(42)39-29-26(34)7-6-8-27(29)35)21-37-31(40-30)43(36)24-13-15-25(16-14-24)45-20-19-41-17-4-3-5-18-41/h6-8,21-25,44H,3-5,9-20,36H2,1-2H3,(H,38,39). The normalized spacial score (nSPS) is 25.0. The lowest BCUT2D eigenvalue weighted by atomic mass is 9.77. The molecule has 1 aromatic carbocycles. The molecule has 4 N–H and O–H groups in total. The third kappa shape index (κ3) is 7.40. The Morgan fingerprint density at radius 3 is 2.36 bits per heavy atom. The molecule has 10 nitrogen and oxygen atoms in total. The average Bonchev–Trinajstić information content (AvgIpc) is 3.40. The summed E-state index contributed by atoms with van der Waals surface area (Å²) in [5.41, 5.74) is 0.0484. The average molecular weight is 627 g/mol. The summed E-state index contributed by atoms with van der Waals surface area (Å²) in [5, 5.41) is 15.2. The molecule has 12 heteroatoms. The van der Waals surface area contributed by atoms with Gasteiger partial charge in [0.1, 0.15) is 22.8 Å². The Labute approximate surface area is 264 Å². The summed E-state index contributed by atoms with van der Waals surface area (Å²) in [6.45, 7) is 7.84. The topological polar surface area (TPSA) is 118 Å². The van der Waals surface area contributed by atoms with Crippen LogP contribution in [0, 0.1) is 17.6 Å². The molecule has 3 heterocycles. The molecule has 0 amide bonds. The minimum atomic E-state index is -0.772. The maximum Gasteiger partial charge on any atom is 0.242 e. The van der Waals surface area contributed by atoms with Gasteiger partial charge in [0.2, 0.25) is 11.9 Å². The highest BCUT2D eigenvalue weighted by Gasteiger charge is 2.34. The number of fused-ring (bicyclic) bond motifs is 1. The number of piperidine rings is 1. The Bertz CT molecular complexity index is 1400. The van der Waals surface area contributed by atoms with Crippen molar-refractivity contribution >= 4 is 28.7 Å². The number of aliphatic hydroxyl groups is 1. The molecule has 45 heavy (non-hydrogen) atoms. The van der Waals surface area contributed by atoms with Crippen molar-refractivity contribution in [2.75, 3.05) is 36.6 Å². The predicted molar refractivity (Wildman–Crippen MR) is 171 cm³/mol. The molecule has 1 aliphatic heterocycles. The number of hydrazine groups is 1. The van der Waals surface area contributed by atoms with E-state index in [0.717, 1.165) is 64.5 Å². The van der Waals surface area contributed by atoms with Gasteiger partial charge in [-0.3, -0.25) is 9.58 Å². The van der Waals surface area contributed by atoms with E-state index in [1.54, 1.807) is 11.2 Å². The number of nitrogens with two attached hydrogens (primary N) is 1. The molecule has 2 aromatic heterocycles. The second-order valence-corrected chi connectivity index (χ2v) is 13.7. The molecule has 0 radical (unpaired) electrons. The van der Waals surface area contributed by atoms with Gasteiger partial charge in [-0.15, -0.1) is 0 Å². The number of nitrogens with zero attached hydrogens (tertiary/aromatic N) is 6.